The Bertz CT molecular complexity index is 833. The highest BCUT2D eigenvalue weighted by Crippen LogP contribution is 2.34. The van der Waals surface area contributed by atoms with Gasteiger partial charge in [-0.15, -0.1) is 22.7 Å². The zero-order valence-electron chi connectivity index (χ0n) is 14.9. The fraction of sp³-hybridized carbons (Fsp3) is 0.400. The molecule has 1 atom stereocenters. The van der Waals surface area contributed by atoms with Gasteiger partial charge in [0.15, 0.2) is 0 Å². The molecular weight excluding hydrogens is 362 g/mol. The van der Waals surface area contributed by atoms with E-state index in [0.717, 1.165) is 31.4 Å². The number of hydrogen-bond donors (Lipinski definition) is 1. The Balaban J connectivity index is 1.31. The van der Waals surface area contributed by atoms with E-state index in [9.17, 15) is 4.79 Å². The first-order chi connectivity index (χ1) is 12.7. The number of aromatic nitrogens is 1. The smallest absolute Gasteiger partial charge is 0.237 e. The van der Waals surface area contributed by atoms with E-state index >= 15 is 0 Å². The minimum absolute atomic E-state index is 0.0775. The molecule has 3 aromatic rings. The second-order valence-electron chi connectivity index (χ2n) is 6.80. The zero-order chi connectivity index (χ0) is 17.9. The van der Waals surface area contributed by atoms with Crippen LogP contribution in [-0.4, -0.2) is 34.9 Å². The molecule has 1 aliphatic heterocycles. The minimum atomic E-state index is -0.0775. The van der Waals surface area contributed by atoms with Gasteiger partial charge in [0.2, 0.25) is 5.91 Å². The molecule has 1 aliphatic rings. The molecule has 0 aliphatic carbocycles. The number of likely N-dealkylation sites (tertiary alicyclic amines) is 1. The van der Waals surface area contributed by atoms with E-state index in [4.69, 9.17) is 4.98 Å². The Morgan fingerprint density at radius 2 is 2.08 bits per heavy atom. The van der Waals surface area contributed by atoms with Crippen LogP contribution in [0.1, 0.15) is 35.6 Å². The van der Waals surface area contributed by atoms with Gasteiger partial charge in [0.25, 0.3) is 0 Å². The lowest BCUT2D eigenvalue weighted by molar-refractivity contribution is -0.126. The Hall–Kier alpha value is -1.76. The van der Waals surface area contributed by atoms with Gasteiger partial charge >= 0.3 is 0 Å². The first-order valence-corrected chi connectivity index (χ1v) is 10.8. The summed E-state index contributed by atoms with van der Waals surface area (Å²) >= 11 is 3.50. The lowest BCUT2D eigenvalue weighted by atomic mass is 9.96. The molecule has 1 N–H and O–H groups in total. The summed E-state index contributed by atoms with van der Waals surface area (Å²) in [5.41, 5.74) is 1.11. The second-order valence-corrected chi connectivity index (χ2v) is 8.90. The number of amides is 1. The Kier molecular flexibility index (Phi) is 5.33. The van der Waals surface area contributed by atoms with Crippen LogP contribution in [0.15, 0.2) is 41.8 Å². The highest BCUT2D eigenvalue weighted by atomic mass is 32.1. The quantitative estimate of drug-likeness (QED) is 0.714. The summed E-state index contributed by atoms with van der Waals surface area (Å²) in [6.07, 6.45) is 2.14. The molecule has 0 spiro atoms. The summed E-state index contributed by atoms with van der Waals surface area (Å²) in [7, 11) is 0. The maximum atomic E-state index is 12.4. The van der Waals surface area contributed by atoms with Gasteiger partial charge in [0, 0.05) is 10.8 Å². The number of piperidine rings is 1. The summed E-state index contributed by atoms with van der Waals surface area (Å²) in [5, 5.41) is 6.35. The third-order valence-electron chi connectivity index (χ3n) is 5.13. The number of para-hydroxylation sites is 1. The molecule has 0 saturated carbocycles. The summed E-state index contributed by atoms with van der Waals surface area (Å²) in [6.45, 7) is 4.55. The molecule has 0 radical (unpaired) electrons. The molecule has 0 unspecified atom stereocenters. The largest absolute Gasteiger partial charge is 0.350 e. The lowest BCUT2D eigenvalue weighted by Crippen LogP contribution is -2.47. The van der Waals surface area contributed by atoms with E-state index in [1.165, 1.54) is 14.6 Å². The van der Waals surface area contributed by atoms with Crippen LogP contribution in [-0.2, 0) is 11.3 Å². The molecule has 6 heteroatoms. The Labute approximate surface area is 161 Å². The van der Waals surface area contributed by atoms with E-state index in [1.54, 1.807) is 11.3 Å². The summed E-state index contributed by atoms with van der Waals surface area (Å²) in [5.74, 6) is 0.641. The first-order valence-electron chi connectivity index (χ1n) is 9.10. The van der Waals surface area contributed by atoms with Crippen molar-refractivity contribution in [3.05, 3.63) is 51.7 Å². The van der Waals surface area contributed by atoms with E-state index in [1.807, 2.05) is 35.8 Å². The van der Waals surface area contributed by atoms with Gasteiger partial charge < -0.3 is 5.32 Å². The van der Waals surface area contributed by atoms with Gasteiger partial charge in [-0.3, -0.25) is 9.69 Å². The van der Waals surface area contributed by atoms with Gasteiger partial charge in [-0.25, -0.2) is 4.98 Å². The highest BCUT2D eigenvalue weighted by molar-refractivity contribution is 7.18. The number of carbonyl (C=O) groups is 1. The van der Waals surface area contributed by atoms with Gasteiger partial charge in [0.1, 0.15) is 0 Å². The number of nitrogens with one attached hydrogen (secondary N) is 1. The van der Waals surface area contributed by atoms with Crippen molar-refractivity contribution in [3.63, 3.8) is 0 Å². The fourth-order valence-electron chi connectivity index (χ4n) is 3.50. The lowest BCUT2D eigenvalue weighted by Gasteiger charge is -2.34. The summed E-state index contributed by atoms with van der Waals surface area (Å²) < 4.78 is 1.27. The van der Waals surface area contributed by atoms with Crippen molar-refractivity contribution >= 4 is 38.8 Å². The minimum Gasteiger partial charge on any atom is -0.350 e. The number of carbonyl (C=O) groups excluding carboxylic acids is 1. The van der Waals surface area contributed by atoms with E-state index in [0.29, 0.717) is 12.5 Å². The number of fused-ring (bicyclic) bond motifs is 1. The Morgan fingerprint density at radius 3 is 2.81 bits per heavy atom. The number of rotatable bonds is 5. The third kappa shape index (κ3) is 3.82. The Morgan fingerprint density at radius 1 is 1.27 bits per heavy atom. The van der Waals surface area contributed by atoms with Crippen LogP contribution >= 0.6 is 22.7 Å². The van der Waals surface area contributed by atoms with Crippen molar-refractivity contribution in [1.82, 2.24) is 15.2 Å². The van der Waals surface area contributed by atoms with Crippen LogP contribution < -0.4 is 5.32 Å². The summed E-state index contributed by atoms with van der Waals surface area (Å²) in [4.78, 5) is 20.8. The maximum absolute atomic E-state index is 12.4. The number of thiazole rings is 1. The molecule has 1 saturated heterocycles. The second kappa shape index (κ2) is 7.86. The van der Waals surface area contributed by atoms with Crippen LogP contribution in [0.3, 0.4) is 0 Å². The SMILES string of the molecule is C[C@H](C(=O)NCc1cccs1)N1CCC(c2nc3ccccc3s2)CC1. The molecular formula is C20H23N3OS2. The van der Waals surface area contributed by atoms with Crippen LogP contribution in [0.4, 0.5) is 0 Å². The molecule has 4 nitrogen and oxygen atoms in total. The maximum Gasteiger partial charge on any atom is 0.237 e. The molecule has 1 amide bonds. The monoisotopic (exact) mass is 385 g/mol. The van der Waals surface area contributed by atoms with Gasteiger partial charge in [0.05, 0.1) is 27.8 Å². The molecule has 4 rings (SSSR count). The number of nitrogens with zero attached hydrogens (tertiary/aromatic N) is 2. The molecule has 136 valence electrons. The topological polar surface area (TPSA) is 45.2 Å². The van der Waals surface area contributed by atoms with Crippen LogP contribution in [0.2, 0.25) is 0 Å². The van der Waals surface area contributed by atoms with Crippen molar-refractivity contribution in [1.29, 1.82) is 0 Å². The van der Waals surface area contributed by atoms with E-state index in [2.05, 4.69) is 34.5 Å². The molecule has 2 aromatic heterocycles. The number of benzene rings is 1. The number of thiophene rings is 1. The van der Waals surface area contributed by atoms with Crippen molar-refractivity contribution in [2.24, 2.45) is 0 Å². The van der Waals surface area contributed by atoms with Crippen LogP contribution in [0.25, 0.3) is 10.2 Å². The van der Waals surface area contributed by atoms with Gasteiger partial charge in [-0.2, -0.15) is 0 Å². The van der Waals surface area contributed by atoms with Crippen molar-refractivity contribution in [2.45, 2.75) is 38.3 Å². The molecule has 1 aromatic carbocycles. The molecule has 1 fully saturated rings. The van der Waals surface area contributed by atoms with Crippen molar-refractivity contribution < 1.29 is 4.79 Å². The molecule has 3 heterocycles. The fourth-order valence-corrected chi connectivity index (χ4v) is 5.28. The van der Waals surface area contributed by atoms with Crippen molar-refractivity contribution in [3.8, 4) is 0 Å². The predicted octanol–water partition coefficient (Wildman–Crippen LogP) is 4.24. The molecule has 26 heavy (non-hydrogen) atoms. The predicted molar refractivity (Wildman–Crippen MR) is 109 cm³/mol. The van der Waals surface area contributed by atoms with Gasteiger partial charge in [-0.05, 0) is 56.4 Å². The third-order valence-corrected chi connectivity index (χ3v) is 7.21. The average Bonchev–Trinajstić information content (AvgIpc) is 3.35. The highest BCUT2D eigenvalue weighted by Gasteiger charge is 2.28. The standard InChI is InChI=1S/C20H23N3OS2/c1-14(19(24)21-13-16-5-4-12-25-16)23-10-8-15(9-11-23)20-22-17-6-2-3-7-18(17)26-20/h2-7,12,14-15H,8-11,13H2,1H3,(H,21,24)/t14-/m1/s1. The summed E-state index contributed by atoms with van der Waals surface area (Å²) in [6, 6.07) is 12.3. The average molecular weight is 386 g/mol. The van der Waals surface area contributed by atoms with E-state index < -0.39 is 0 Å². The zero-order valence-corrected chi connectivity index (χ0v) is 16.5. The number of hydrogen-bond acceptors (Lipinski definition) is 5. The van der Waals surface area contributed by atoms with Crippen LogP contribution in [0, 0.1) is 0 Å². The van der Waals surface area contributed by atoms with Crippen molar-refractivity contribution in [2.75, 3.05) is 13.1 Å². The van der Waals surface area contributed by atoms with E-state index in [-0.39, 0.29) is 11.9 Å². The van der Waals surface area contributed by atoms with Crippen LogP contribution in [0.5, 0.6) is 0 Å². The van der Waals surface area contributed by atoms with Gasteiger partial charge in [-0.1, -0.05) is 18.2 Å². The molecule has 0 bridgehead atoms. The normalized spacial score (nSPS) is 17.4. The first kappa shape index (κ1) is 17.6.